The predicted molar refractivity (Wildman–Crippen MR) is 63.3 cm³/mol. The highest BCUT2D eigenvalue weighted by Crippen LogP contribution is 2.28. The average molecular weight is 231 g/mol. The van der Waals surface area contributed by atoms with E-state index in [4.69, 9.17) is 9.47 Å². The first-order chi connectivity index (χ1) is 7.38. The van der Waals surface area contributed by atoms with Crippen LogP contribution in [0.25, 0.3) is 0 Å². The van der Waals surface area contributed by atoms with E-state index in [-0.39, 0.29) is 0 Å². The fraction of sp³-hybridized carbons (Fsp3) is 1.00. The van der Waals surface area contributed by atoms with Crippen molar-refractivity contribution in [1.82, 2.24) is 5.32 Å². The molecule has 3 unspecified atom stereocenters. The maximum absolute atomic E-state index is 5.50. The third-order valence-corrected chi connectivity index (χ3v) is 4.42. The van der Waals surface area contributed by atoms with E-state index in [1.807, 2.05) is 11.8 Å². The topological polar surface area (TPSA) is 30.5 Å². The Labute approximate surface area is 96.3 Å². The lowest BCUT2D eigenvalue weighted by atomic mass is 10.2. The molecular weight excluding hydrogens is 210 g/mol. The molecule has 0 aromatic carbocycles. The van der Waals surface area contributed by atoms with Crippen molar-refractivity contribution in [3.8, 4) is 0 Å². The van der Waals surface area contributed by atoms with Crippen LogP contribution in [0.5, 0.6) is 0 Å². The van der Waals surface area contributed by atoms with Crippen LogP contribution in [-0.2, 0) is 9.47 Å². The molecule has 1 N–H and O–H groups in total. The number of hydrogen-bond acceptors (Lipinski definition) is 4. The molecule has 0 amide bonds. The zero-order valence-electron chi connectivity index (χ0n) is 9.41. The fourth-order valence-corrected chi connectivity index (χ4v) is 3.10. The summed E-state index contributed by atoms with van der Waals surface area (Å²) in [6, 6.07) is 0.717. The highest BCUT2D eigenvalue weighted by molar-refractivity contribution is 7.99. The van der Waals surface area contributed by atoms with Gasteiger partial charge in [-0.15, -0.1) is 0 Å². The lowest BCUT2D eigenvalue weighted by Crippen LogP contribution is -2.38. The van der Waals surface area contributed by atoms with Gasteiger partial charge in [0.2, 0.25) is 0 Å². The van der Waals surface area contributed by atoms with E-state index in [2.05, 4.69) is 11.6 Å². The maximum Gasteiger partial charge on any atom is 0.147 e. The second-order valence-corrected chi connectivity index (χ2v) is 5.52. The summed E-state index contributed by atoms with van der Waals surface area (Å²) in [5.41, 5.74) is 0. The molecule has 15 heavy (non-hydrogen) atoms. The molecule has 4 heteroatoms. The summed E-state index contributed by atoms with van der Waals surface area (Å²) in [6.07, 6.45) is 7.64. The van der Waals surface area contributed by atoms with Gasteiger partial charge >= 0.3 is 0 Å². The van der Waals surface area contributed by atoms with Crippen molar-refractivity contribution in [2.45, 2.75) is 43.1 Å². The van der Waals surface area contributed by atoms with Crippen molar-refractivity contribution >= 4 is 11.8 Å². The summed E-state index contributed by atoms with van der Waals surface area (Å²) in [7, 11) is 0. The number of thioether (sulfide) groups is 1. The Kier molecular flexibility index (Phi) is 4.75. The Bertz CT molecular complexity index is 185. The largest absolute Gasteiger partial charge is 0.355 e. The van der Waals surface area contributed by atoms with Gasteiger partial charge in [0.05, 0.1) is 12.7 Å². The van der Waals surface area contributed by atoms with Crippen LogP contribution in [0.2, 0.25) is 0 Å². The van der Waals surface area contributed by atoms with E-state index in [0.717, 1.165) is 24.8 Å². The van der Waals surface area contributed by atoms with Crippen LogP contribution in [0.4, 0.5) is 0 Å². The van der Waals surface area contributed by atoms with E-state index >= 15 is 0 Å². The van der Waals surface area contributed by atoms with Gasteiger partial charge in [-0.2, -0.15) is 11.8 Å². The third-order valence-electron chi connectivity index (χ3n) is 3.32. The molecule has 1 aliphatic carbocycles. The smallest absolute Gasteiger partial charge is 0.147 e. The first-order valence-electron chi connectivity index (χ1n) is 5.84. The molecule has 2 rings (SSSR count). The minimum Gasteiger partial charge on any atom is -0.355 e. The molecule has 3 atom stereocenters. The molecule has 3 nitrogen and oxygen atoms in total. The van der Waals surface area contributed by atoms with Crippen LogP contribution in [-0.4, -0.2) is 43.6 Å². The summed E-state index contributed by atoms with van der Waals surface area (Å²) in [6.45, 7) is 2.32. The fourth-order valence-electron chi connectivity index (χ4n) is 2.30. The quantitative estimate of drug-likeness (QED) is 0.796. The van der Waals surface area contributed by atoms with Crippen molar-refractivity contribution in [2.75, 3.05) is 26.2 Å². The number of hydrogen-bond donors (Lipinski definition) is 1. The van der Waals surface area contributed by atoms with Crippen molar-refractivity contribution in [1.29, 1.82) is 0 Å². The summed E-state index contributed by atoms with van der Waals surface area (Å²) in [5, 5.41) is 4.49. The minimum atomic E-state index is 0.368. The molecule has 1 aliphatic heterocycles. The SMILES string of the molecule is CSC1CCC(NCC2CCOCO2)C1. The lowest BCUT2D eigenvalue weighted by Gasteiger charge is -2.24. The molecule has 88 valence electrons. The number of nitrogens with one attached hydrogen (secondary N) is 1. The second kappa shape index (κ2) is 6.09. The Hall–Kier alpha value is 0.230. The molecule has 2 fully saturated rings. The highest BCUT2D eigenvalue weighted by atomic mass is 32.2. The van der Waals surface area contributed by atoms with Crippen LogP contribution in [0.1, 0.15) is 25.7 Å². The molecule has 0 aromatic rings. The number of ether oxygens (including phenoxy) is 2. The molecule has 0 radical (unpaired) electrons. The first kappa shape index (κ1) is 11.7. The Balaban J connectivity index is 1.61. The van der Waals surface area contributed by atoms with E-state index in [9.17, 15) is 0 Å². The standard InChI is InChI=1S/C11H21NO2S/c1-15-11-3-2-9(6-11)12-7-10-4-5-13-8-14-10/h9-12H,2-8H2,1H3. The van der Waals surface area contributed by atoms with Crippen molar-refractivity contribution in [2.24, 2.45) is 0 Å². The highest BCUT2D eigenvalue weighted by Gasteiger charge is 2.24. The van der Waals surface area contributed by atoms with Gasteiger partial charge < -0.3 is 14.8 Å². The van der Waals surface area contributed by atoms with Gasteiger partial charge in [-0.05, 0) is 31.9 Å². The molecular formula is C11H21NO2S. The van der Waals surface area contributed by atoms with E-state index in [1.165, 1.54) is 19.3 Å². The third kappa shape index (κ3) is 3.63. The Morgan fingerprint density at radius 2 is 2.27 bits per heavy atom. The molecule has 0 spiro atoms. The summed E-state index contributed by atoms with van der Waals surface area (Å²) in [5.74, 6) is 0. The monoisotopic (exact) mass is 231 g/mol. The van der Waals surface area contributed by atoms with E-state index < -0.39 is 0 Å². The minimum absolute atomic E-state index is 0.368. The first-order valence-corrected chi connectivity index (χ1v) is 7.13. The van der Waals surface area contributed by atoms with Crippen molar-refractivity contribution in [3.63, 3.8) is 0 Å². The molecule has 1 heterocycles. The van der Waals surface area contributed by atoms with Crippen molar-refractivity contribution in [3.05, 3.63) is 0 Å². The lowest BCUT2D eigenvalue weighted by molar-refractivity contribution is -0.137. The number of rotatable bonds is 4. The van der Waals surface area contributed by atoms with Crippen LogP contribution >= 0.6 is 11.8 Å². The van der Waals surface area contributed by atoms with Crippen LogP contribution in [0.15, 0.2) is 0 Å². The van der Waals surface area contributed by atoms with Crippen LogP contribution in [0.3, 0.4) is 0 Å². The van der Waals surface area contributed by atoms with Gasteiger partial charge in [-0.25, -0.2) is 0 Å². The van der Waals surface area contributed by atoms with Crippen LogP contribution in [0, 0.1) is 0 Å². The van der Waals surface area contributed by atoms with E-state index in [0.29, 0.717) is 18.9 Å². The van der Waals surface area contributed by atoms with Gasteiger partial charge in [-0.3, -0.25) is 0 Å². The van der Waals surface area contributed by atoms with Gasteiger partial charge in [0.15, 0.2) is 0 Å². The predicted octanol–water partition coefficient (Wildman–Crippen LogP) is 1.62. The van der Waals surface area contributed by atoms with Gasteiger partial charge in [0.25, 0.3) is 0 Å². The van der Waals surface area contributed by atoms with Gasteiger partial charge in [-0.1, -0.05) is 0 Å². The zero-order chi connectivity index (χ0) is 10.5. The molecule has 1 saturated carbocycles. The van der Waals surface area contributed by atoms with E-state index in [1.54, 1.807) is 0 Å². The molecule has 2 aliphatic rings. The van der Waals surface area contributed by atoms with Crippen molar-refractivity contribution < 1.29 is 9.47 Å². The summed E-state index contributed by atoms with van der Waals surface area (Å²) >= 11 is 2.01. The van der Waals surface area contributed by atoms with Gasteiger partial charge in [0, 0.05) is 17.8 Å². The summed E-state index contributed by atoms with van der Waals surface area (Å²) < 4.78 is 10.7. The normalized spacial score (nSPS) is 37.0. The average Bonchev–Trinajstić information content (AvgIpc) is 2.76. The second-order valence-electron chi connectivity index (χ2n) is 4.38. The summed E-state index contributed by atoms with van der Waals surface area (Å²) in [4.78, 5) is 0. The Morgan fingerprint density at radius 1 is 1.33 bits per heavy atom. The molecule has 0 aromatic heterocycles. The molecule has 0 bridgehead atoms. The maximum atomic E-state index is 5.50. The van der Waals surface area contributed by atoms with Gasteiger partial charge in [0.1, 0.15) is 6.79 Å². The Morgan fingerprint density at radius 3 is 2.93 bits per heavy atom. The molecule has 1 saturated heterocycles. The zero-order valence-corrected chi connectivity index (χ0v) is 10.2. The van der Waals surface area contributed by atoms with Crippen LogP contribution < -0.4 is 5.32 Å².